The summed E-state index contributed by atoms with van der Waals surface area (Å²) in [6.45, 7) is 0. The maximum atomic E-state index is 13.8. The van der Waals surface area contributed by atoms with E-state index in [1.165, 1.54) is 25.5 Å². The number of carbonyl (C=O) groups excluding carboxylic acids is 2. The van der Waals surface area contributed by atoms with Gasteiger partial charge in [0.2, 0.25) is 0 Å². The Morgan fingerprint density at radius 3 is 2.69 bits per heavy atom. The van der Waals surface area contributed by atoms with Crippen molar-refractivity contribution < 1.29 is 23.1 Å². The summed E-state index contributed by atoms with van der Waals surface area (Å²) < 4.78 is 24.2. The summed E-state index contributed by atoms with van der Waals surface area (Å²) in [7, 11) is 1.29. The fourth-order valence-corrected chi connectivity index (χ4v) is 2.54. The van der Waals surface area contributed by atoms with Gasteiger partial charge in [0.1, 0.15) is 17.3 Å². The third kappa shape index (κ3) is 4.36. The van der Waals surface area contributed by atoms with Crippen LogP contribution in [-0.4, -0.2) is 25.2 Å². The molecule has 0 bridgehead atoms. The Labute approximate surface area is 165 Å². The first-order valence-electron chi connectivity index (χ1n) is 8.34. The highest BCUT2D eigenvalue weighted by Crippen LogP contribution is 2.26. The van der Waals surface area contributed by atoms with Crippen molar-refractivity contribution in [1.29, 1.82) is 5.26 Å². The van der Waals surface area contributed by atoms with Crippen LogP contribution in [0.1, 0.15) is 32.0 Å². The van der Waals surface area contributed by atoms with Crippen LogP contribution in [0.3, 0.4) is 0 Å². The second kappa shape index (κ2) is 8.63. The number of esters is 1. The lowest BCUT2D eigenvalue weighted by atomic mass is 10.1. The number of carbonyl (C=O) groups is 2. The lowest BCUT2D eigenvalue weighted by Crippen LogP contribution is -2.19. The molecule has 0 unspecified atom stereocenters. The number of nitrogens with one attached hydrogen (secondary N) is 1. The van der Waals surface area contributed by atoms with Crippen LogP contribution in [-0.2, 0) is 4.74 Å². The highest BCUT2D eigenvalue weighted by atomic mass is 19.1. The quantitative estimate of drug-likeness (QED) is 0.407. The number of hydrazone groups is 1. The smallest absolute Gasteiger partial charge is 0.338 e. The van der Waals surface area contributed by atoms with E-state index in [0.29, 0.717) is 22.6 Å². The molecule has 1 N–H and O–H groups in total. The topological polar surface area (TPSA) is 105 Å². The van der Waals surface area contributed by atoms with Crippen LogP contribution in [0.15, 0.2) is 64.1 Å². The van der Waals surface area contributed by atoms with Crippen molar-refractivity contribution in [2.24, 2.45) is 5.10 Å². The normalized spacial score (nSPS) is 10.5. The molecule has 0 aliphatic carbocycles. The van der Waals surface area contributed by atoms with Crippen LogP contribution in [0.5, 0.6) is 0 Å². The average Bonchev–Trinajstić information content (AvgIpc) is 3.21. The molecule has 0 saturated carbocycles. The molecule has 1 heterocycles. The number of rotatable bonds is 5. The molecule has 7 nitrogen and oxygen atoms in total. The van der Waals surface area contributed by atoms with Crippen LogP contribution >= 0.6 is 0 Å². The maximum absolute atomic E-state index is 13.8. The molecular formula is C21H14FN3O4. The van der Waals surface area contributed by atoms with Crippen molar-refractivity contribution in [2.75, 3.05) is 7.11 Å². The van der Waals surface area contributed by atoms with E-state index in [-0.39, 0.29) is 11.1 Å². The van der Waals surface area contributed by atoms with Crippen molar-refractivity contribution in [3.05, 3.63) is 82.9 Å². The summed E-state index contributed by atoms with van der Waals surface area (Å²) in [5.74, 6) is -1.37. The van der Waals surface area contributed by atoms with Gasteiger partial charge in [0.25, 0.3) is 5.91 Å². The fraction of sp³-hybridized carbons (Fsp3) is 0.0476. The zero-order valence-electron chi connectivity index (χ0n) is 15.2. The minimum absolute atomic E-state index is 0.109. The zero-order valence-corrected chi connectivity index (χ0v) is 15.2. The van der Waals surface area contributed by atoms with Crippen LogP contribution < -0.4 is 5.43 Å². The standard InChI is InChI=1S/C21H14FN3O4/c1-28-21(27)16-5-3-2-4-15(16)19-9-7-14(29-19)12-24-25-20(26)17-8-6-13(11-23)10-18(17)22/h2-10,12H,1H3,(H,25,26)/b24-12-. The van der Waals surface area contributed by atoms with Crippen LogP contribution in [0.2, 0.25) is 0 Å². The van der Waals surface area contributed by atoms with E-state index in [2.05, 4.69) is 10.5 Å². The molecule has 0 radical (unpaired) electrons. The zero-order chi connectivity index (χ0) is 20.8. The fourth-order valence-electron chi connectivity index (χ4n) is 2.54. The molecule has 0 fully saturated rings. The molecule has 3 aromatic rings. The van der Waals surface area contributed by atoms with E-state index < -0.39 is 17.7 Å². The van der Waals surface area contributed by atoms with Gasteiger partial charge in [-0.25, -0.2) is 14.6 Å². The number of ether oxygens (including phenoxy) is 1. The van der Waals surface area contributed by atoms with Gasteiger partial charge < -0.3 is 9.15 Å². The molecular weight excluding hydrogens is 377 g/mol. The molecule has 2 aromatic carbocycles. The molecule has 3 rings (SSSR count). The van der Waals surface area contributed by atoms with E-state index in [1.807, 2.05) is 0 Å². The monoisotopic (exact) mass is 391 g/mol. The summed E-state index contributed by atoms with van der Waals surface area (Å²) in [4.78, 5) is 23.9. The maximum Gasteiger partial charge on any atom is 0.338 e. The summed E-state index contributed by atoms with van der Waals surface area (Å²) in [5.41, 5.74) is 2.94. The number of nitrogens with zero attached hydrogens (tertiary/aromatic N) is 2. The summed E-state index contributed by atoms with van der Waals surface area (Å²) >= 11 is 0. The summed E-state index contributed by atoms with van der Waals surface area (Å²) in [6, 6.07) is 15.3. The highest BCUT2D eigenvalue weighted by molar-refractivity contribution is 5.97. The van der Waals surface area contributed by atoms with Gasteiger partial charge in [-0.2, -0.15) is 10.4 Å². The van der Waals surface area contributed by atoms with Crippen molar-refractivity contribution in [3.8, 4) is 17.4 Å². The number of hydrogen-bond donors (Lipinski definition) is 1. The second-order valence-electron chi connectivity index (χ2n) is 5.74. The lowest BCUT2D eigenvalue weighted by molar-refractivity contribution is 0.0601. The van der Waals surface area contributed by atoms with Gasteiger partial charge in [-0.15, -0.1) is 0 Å². The molecule has 0 aliphatic rings. The third-order valence-electron chi connectivity index (χ3n) is 3.93. The minimum atomic E-state index is -0.823. The molecule has 144 valence electrons. The Hall–Kier alpha value is -4.25. The number of methoxy groups -OCH3 is 1. The Balaban J connectivity index is 1.73. The van der Waals surface area contributed by atoms with Gasteiger partial charge in [0, 0.05) is 5.56 Å². The SMILES string of the molecule is COC(=O)c1ccccc1-c1ccc(/C=N\NC(=O)c2ccc(C#N)cc2F)o1. The van der Waals surface area contributed by atoms with E-state index in [9.17, 15) is 14.0 Å². The van der Waals surface area contributed by atoms with Crippen molar-refractivity contribution in [2.45, 2.75) is 0 Å². The summed E-state index contributed by atoms with van der Waals surface area (Å²) in [5, 5.41) is 12.5. The van der Waals surface area contributed by atoms with Gasteiger partial charge in [-0.3, -0.25) is 4.79 Å². The minimum Gasteiger partial charge on any atom is -0.465 e. The van der Waals surface area contributed by atoms with Crippen LogP contribution in [0, 0.1) is 17.1 Å². The molecule has 0 spiro atoms. The highest BCUT2D eigenvalue weighted by Gasteiger charge is 2.15. The number of furan rings is 1. The van der Waals surface area contributed by atoms with Crippen LogP contribution in [0.4, 0.5) is 4.39 Å². The Bertz CT molecular complexity index is 1140. The van der Waals surface area contributed by atoms with Gasteiger partial charge in [-0.1, -0.05) is 18.2 Å². The molecule has 0 saturated heterocycles. The van der Waals surface area contributed by atoms with E-state index in [1.54, 1.807) is 42.5 Å². The molecule has 0 aliphatic heterocycles. The van der Waals surface area contributed by atoms with Gasteiger partial charge in [-0.05, 0) is 36.4 Å². The largest absolute Gasteiger partial charge is 0.465 e. The Kier molecular flexibility index (Phi) is 5.80. The number of halogens is 1. The van der Waals surface area contributed by atoms with E-state index >= 15 is 0 Å². The average molecular weight is 391 g/mol. The Morgan fingerprint density at radius 1 is 1.17 bits per heavy atom. The first kappa shape index (κ1) is 19.5. The Morgan fingerprint density at radius 2 is 1.97 bits per heavy atom. The predicted molar refractivity (Wildman–Crippen MR) is 102 cm³/mol. The molecule has 0 atom stereocenters. The van der Waals surface area contributed by atoms with Crippen LogP contribution in [0.25, 0.3) is 11.3 Å². The lowest BCUT2D eigenvalue weighted by Gasteiger charge is -2.04. The number of amides is 1. The van der Waals surface area contributed by atoms with Gasteiger partial charge in [0.15, 0.2) is 0 Å². The molecule has 8 heteroatoms. The first-order chi connectivity index (χ1) is 14.0. The summed E-state index contributed by atoms with van der Waals surface area (Å²) in [6.07, 6.45) is 1.24. The number of benzene rings is 2. The molecule has 1 aromatic heterocycles. The number of nitriles is 1. The predicted octanol–water partition coefficient (Wildman–Crippen LogP) is 3.51. The van der Waals surface area contributed by atoms with Gasteiger partial charge in [0.05, 0.1) is 36.1 Å². The van der Waals surface area contributed by atoms with E-state index in [0.717, 1.165) is 6.07 Å². The van der Waals surface area contributed by atoms with Gasteiger partial charge >= 0.3 is 5.97 Å². The first-order valence-corrected chi connectivity index (χ1v) is 8.34. The second-order valence-corrected chi connectivity index (χ2v) is 5.74. The van der Waals surface area contributed by atoms with Crippen molar-refractivity contribution in [1.82, 2.24) is 5.43 Å². The van der Waals surface area contributed by atoms with E-state index in [4.69, 9.17) is 14.4 Å². The number of hydrogen-bond acceptors (Lipinski definition) is 6. The van der Waals surface area contributed by atoms with Crippen molar-refractivity contribution >= 4 is 18.1 Å². The van der Waals surface area contributed by atoms with Crippen molar-refractivity contribution in [3.63, 3.8) is 0 Å². The molecule has 1 amide bonds. The third-order valence-corrected chi connectivity index (χ3v) is 3.93. The molecule has 29 heavy (non-hydrogen) atoms.